The lowest BCUT2D eigenvalue weighted by Gasteiger charge is -2.33. The smallest absolute Gasteiger partial charge is 0.233 e. The number of carbonyl (C=O) groups is 1. The molecular formula is C20H20N6O. The van der Waals surface area contributed by atoms with Crippen molar-refractivity contribution in [2.75, 3.05) is 6.54 Å². The number of benzene rings is 1. The predicted molar refractivity (Wildman–Crippen MR) is 98.6 cm³/mol. The SMILES string of the molecule is O=C(C1CCCn2c(-c3cnccn3)nnc21)N1CCc2ccccc2C1. The van der Waals surface area contributed by atoms with Crippen LogP contribution in [0.5, 0.6) is 0 Å². The van der Waals surface area contributed by atoms with Gasteiger partial charge >= 0.3 is 0 Å². The van der Waals surface area contributed by atoms with Crippen LogP contribution < -0.4 is 0 Å². The molecule has 1 amide bonds. The summed E-state index contributed by atoms with van der Waals surface area (Å²) in [6.45, 7) is 2.25. The highest BCUT2D eigenvalue weighted by Crippen LogP contribution is 2.32. The summed E-state index contributed by atoms with van der Waals surface area (Å²) in [6.07, 6.45) is 7.62. The zero-order valence-corrected chi connectivity index (χ0v) is 15.0. The molecule has 0 saturated heterocycles. The van der Waals surface area contributed by atoms with Gasteiger partial charge in [-0.25, -0.2) is 4.98 Å². The van der Waals surface area contributed by atoms with Crippen molar-refractivity contribution < 1.29 is 4.79 Å². The van der Waals surface area contributed by atoms with Crippen LogP contribution in [0.2, 0.25) is 0 Å². The van der Waals surface area contributed by atoms with Crippen molar-refractivity contribution in [1.29, 1.82) is 0 Å². The second-order valence-electron chi connectivity index (χ2n) is 7.10. The molecule has 2 aliphatic heterocycles. The van der Waals surface area contributed by atoms with Crippen molar-refractivity contribution >= 4 is 5.91 Å². The second kappa shape index (κ2) is 6.57. The Kier molecular flexibility index (Phi) is 3.92. The number of rotatable bonds is 2. The maximum atomic E-state index is 13.3. The summed E-state index contributed by atoms with van der Waals surface area (Å²) in [5.74, 6) is 1.37. The Hall–Kier alpha value is -3.09. The number of hydrogen-bond donors (Lipinski definition) is 0. The van der Waals surface area contributed by atoms with Gasteiger partial charge < -0.3 is 9.47 Å². The standard InChI is InChI=1S/C20H20N6O/c27-20(25-11-7-14-4-1-2-5-15(14)13-25)16-6-3-10-26-18(16)23-24-19(26)17-12-21-8-9-22-17/h1-2,4-5,8-9,12,16H,3,6-7,10-11,13H2. The molecule has 0 bridgehead atoms. The van der Waals surface area contributed by atoms with E-state index in [9.17, 15) is 4.79 Å². The van der Waals surface area contributed by atoms with Crippen molar-refractivity contribution in [2.24, 2.45) is 0 Å². The first-order valence-corrected chi connectivity index (χ1v) is 9.36. The molecule has 7 nitrogen and oxygen atoms in total. The minimum Gasteiger partial charge on any atom is -0.337 e. The molecule has 27 heavy (non-hydrogen) atoms. The quantitative estimate of drug-likeness (QED) is 0.700. The Morgan fingerprint density at radius 3 is 2.81 bits per heavy atom. The Morgan fingerprint density at radius 1 is 1.07 bits per heavy atom. The Balaban J connectivity index is 1.43. The normalized spacial score (nSPS) is 18.7. The zero-order valence-electron chi connectivity index (χ0n) is 15.0. The molecule has 0 N–H and O–H groups in total. The van der Waals surface area contributed by atoms with Gasteiger partial charge in [0.25, 0.3) is 0 Å². The van der Waals surface area contributed by atoms with Crippen LogP contribution >= 0.6 is 0 Å². The van der Waals surface area contributed by atoms with Crippen LogP contribution in [0.25, 0.3) is 11.5 Å². The number of carbonyl (C=O) groups excluding carboxylic acids is 1. The van der Waals surface area contributed by atoms with E-state index < -0.39 is 0 Å². The molecule has 0 radical (unpaired) electrons. The number of hydrogen-bond acceptors (Lipinski definition) is 5. The van der Waals surface area contributed by atoms with E-state index in [1.165, 1.54) is 11.1 Å². The number of nitrogens with zero attached hydrogens (tertiary/aromatic N) is 6. The lowest BCUT2D eigenvalue weighted by atomic mass is 9.94. The lowest BCUT2D eigenvalue weighted by molar-refractivity contribution is -0.134. The van der Waals surface area contributed by atoms with Gasteiger partial charge in [0.05, 0.1) is 12.1 Å². The average molecular weight is 360 g/mol. The van der Waals surface area contributed by atoms with Crippen molar-refractivity contribution in [2.45, 2.75) is 38.3 Å². The van der Waals surface area contributed by atoms with Gasteiger partial charge in [-0.05, 0) is 30.4 Å². The van der Waals surface area contributed by atoms with E-state index >= 15 is 0 Å². The van der Waals surface area contributed by atoms with E-state index in [1.807, 2.05) is 15.5 Å². The Labute approximate surface area is 157 Å². The Bertz CT molecular complexity index is 983. The largest absolute Gasteiger partial charge is 0.337 e. The fourth-order valence-electron chi connectivity index (χ4n) is 4.12. The molecule has 1 unspecified atom stereocenters. The van der Waals surface area contributed by atoms with Crippen LogP contribution in [0.1, 0.15) is 35.7 Å². The summed E-state index contributed by atoms with van der Waals surface area (Å²) < 4.78 is 2.04. The highest BCUT2D eigenvalue weighted by molar-refractivity contribution is 5.83. The van der Waals surface area contributed by atoms with Crippen LogP contribution in [0.15, 0.2) is 42.9 Å². The molecule has 136 valence electrons. The first-order chi connectivity index (χ1) is 13.3. The van der Waals surface area contributed by atoms with Crippen LogP contribution in [0.4, 0.5) is 0 Å². The Morgan fingerprint density at radius 2 is 1.96 bits per heavy atom. The summed E-state index contributed by atoms with van der Waals surface area (Å²) >= 11 is 0. The molecule has 1 atom stereocenters. The van der Waals surface area contributed by atoms with Gasteiger partial charge in [0.2, 0.25) is 5.91 Å². The second-order valence-corrected chi connectivity index (χ2v) is 7.10. The maximum absolute atomic E-state index is 13.3. The number of fused-ring (bicyclic) bond motifs is 2. The van der Waals surface area contributed by atoms with Crippen molar-refractivity contribution in [3.05, 3.63) is 59.8 Å². The van der Waals surface area contributed by atoms with Gasteiger partial charge in [-0.3, -0.25) is 9.78 Å². The van der Waals surface area contributed by atoms with Crippen LogP contribution in [-0.4, -0.2) is 42.1 Å². The third kappa shape index (κ3) is 2.79. The molecular weight excluding hydrogens is 340 g/mol. The summed E-state index contributed by atoms with van der Waals surface area (Å²) in [4.78, 5) is 23.7. The highest BCUT2D eigenvalue weighted by Gasteiger charge is 2.35. The zero-order chi connectivity index (χ0) is 18.2. The summed E-state index contributed by atoms with van der Waals surface area (Å²) in [7, 11) is 0. The molecule has 5 rings (SSSR count). The number of aromatic nitrogens is 5. The molecule has 0 saturated carbocycles. The third-order valence-electron chi connectivity index (χ3n) is 5.50. The molecule has 4 heterocycles. The predicted octanol–water partition coefficient (Wildman–Crippen LogP) is 2.20. The molecule has 2 aromatic heterocycles. The van der Waals surface area contributed by atoms with E-state index in [1.54, 1.807) is 18.6 Å². The fourth-order valence-corrected chi connectivity index (χ4v) is 4.12. The van der Waals surface area contributed by atoms with E-state index in [4.69, 9.17) is 0 Å². The lowest BCUT2D eigenvalue weighted by Crippen LogP contribution is -2.40. The minimum absolute atomic E-state index is 0.156. The topological polar surface area (TPSA) is 76.8 Å². The molecule has 2 aliphatic rings. The fraction of sp³-hybridized carbons (Fsp3) is 0.350. The van der Waals surface area contributed by atoms with Gasteiger partial charge in [0.1, 0.15) is 11.5 Å². The van der Waals surface area contributed by atoms with E-state index in [2.05, 4.69) is 38.4 Å². The van der Waals surface area contributed by atoms with Crippen molar-refractivity contribution in [3.8, 4) is 11.5 Å². The highest BCUT2D eigenvalue weighted by atomic mass is 16.2. The van der Waals surface area contributed by atoms with Gasteiger partial charge in [0.15, 0.2) is 5.82 Å². The minimum atomic E-state index is -0.234. The van der Waals surface area contributed by atoms with Gasteiger partial charge in [-0.1, -0.05) is 24.3 Å². The first kappa shape index (κ1) is 16.1. The molecule has 0 fully saturated rings. The van der Waals surface area contributed by atoms with Crippen LogP contribution in [-0.2, 0) is 24.3 Å². The van der Waals surface area contributed by atoms with Crippen molar-refractivity contribution in [3.63, 3.8) is 0 Å². The summed E-state index contributed by atoms with van der Waals surface area (Å²) in [5, 5.41) is 8.69. The summed E-state index contributed by atoms with van der Waals surface area (Å²) in [6, 6.07) is 8.37. The summed E-state index contributed by atoms with van der Waals surface area (Å²) in [5.41, 5.74) is 3.28. The monoisotopic (exact) mass is 360 g/mol. The van der Waals surface area contributed by atoms with E-state index in [0.717, 1.165) is 38.2 Å². The first-order valence-electron chi connectivity index (χ1n) is 9.36. The maximum Gasteiger partial charge on any atom is 0.233 e. The van der Waals surface area contributed by atoms with Crippen LogP contribution in [0, 0.1) is 0 Å². The third-order valence-corrected chi connectivity index (χ3v) is 5.50. The molecule has 3 aromatic rings. The van der Waals surface area contributed by atoms with E-state index in [0.29, 0.717) is 18.1 Å². The van der Waals surface area contributed by atoms with Gasteiger partial charge in [-0.15, -0.1) is 10.2 Å². The number of amides is 1. The van der Waals surface area contributed by atoms with Crippen LogP contribution in [0.3, 0.4) is 0 Å². The van der Waals surface area contributed by atoms with Gasteiger partial charge in [-0.2, -0.15) is 0 Å². The molecule has 0 aliphatic carbocycles. The molecule has 0 spiro atoms. The van der Waals surface area contributed by atoms with E-state index in [-0.39, 0.29) is 11.8 Å². The molecule has 7 heteroatoms. The van der Waals surface area contributed by atoms with Gasteiger partial charge in [0, 0.05) is 32.0 Å². The average Bonchev–Trinajstić information content (AvgIpc) is 3.18. The van der Waals surface area contributed by atoms with Crippen molar-refractivity contribution in [1.82, 2.24) is 29.6 Å². The molecule has 1 aromatic carbocycles.